The highest BCUT2D eigenvalue weighted by Crippen LogP contribution is 2.26. The summed E-state index contributed by atoms with van der Waals surface area (Å²) >= 11 is 1.47. The van der Waals surface area contributed by atoms with Crippen LogP contribution in [0.2, 0.25) is 0 Å². The molecule has 3 rings (SSSR count). The molecule has 142 valence electrons. The number of nitrogens with one attached hydrogen (secondary N) is 2. The number of carboxylic acids is 1. The fourth-order valence-corrected chi connectivity index (χ4v) is 4.23. The van der Waals surface area contributed by atoms with Gasteiger partial charge in [0.2, 0.25) is 5.91 Å². The normalized spacial score (nSPS) is 17.6. The first-order chi connectivity index (χ1) is 13.0. The molecule has 1 aromatic carbocycles. The summed E-state index contributed by atoms with van der Waals surface area (Å²) in [5.41, 5.74) is 1.36. The molecule has 0 spiro atoms. The van der Waals surface area contributed by atoms with Crippen molar-refractivity contribution in [3.63, 3.8) is 0 Å². The molecule has 1 aliphatic rings. The van der Waals surface area contributed by atoms with Crippen LogP contribution >= 0.6 is 11.8 Å². The lowest BCUT2D eigenvalue weighted by molar-refractivity contribution is -0.142. The van der Waals surface area contributed by atoms with Gasteiger partial charge in [-0.1, -0.05) is 24.3 Å². The van der Waals surface area contributed by atoms with E-state index in [2.05, 4.69) is 16.9 Å². The van der Waals surface area contributed by atoms with Gasteiger partial charge < -0.3 is 20.3 Å². The molecule has 2 heterocycles. The maximum Gasteiger partial charge on any atom is 0.326 e. The second kappa shape index (κ2) is 8.30. The Balaban J connectivity index is 1.76. The number of benzene rings is 1. The van der Waals surface area contributed by atoms with E-state index in [-0.39, 0.29) is 12.3 Å². The highest BCUT2D eigenvalue weighted by atomic mass is 32.2. The molecule has 2 amide bonds. The minimum absolute atomic E-state index is 0.240. The van der Waals surface area contributed by atoms with Crippen LogP contribution in [0.3, 0.4) is 0 Å². The summed E-state index contributed by atoms with van der Waals surface area (Å²) in [5.74, 6) is -0.945. The molecule has 2 atom stereocenters. The van der Waals surface area contributed by atoms with Gasteiger partial charge in [0.25, 0.3) is 5.91 Å². The van der Waals surface area contributed by atoms with Crippen molar-refractivity contribution in [2.24, 2.45) is 0 Å². The number of rotatable bonds is 7. The maximum atomic E-state index is 13.0. The zero-order valence-corrected chi connectivity index (χ0v) is 15.5. The summed E-state index contributed by atoms with van der Waals surface area (Å²) in [4.78, 5) is 41.6. The number of para-hydroxylation sites is 1. The van der Waals surface area contributed by atoms with Crippen LogP contribution in [-0.2, 0) is 9.59 Å². The second-order valence-electron chi connectivity index (χ2n) is 6.30. The zero-order chi connectivity index (χ0) is 19.4. The van der Waals surface area contributed by atoms with Crippen molar-refractivity contribution in [2.75, 3.05) is 11.6 Å². The Labute approximate surface area is 160 Å². The molecule has 0 bridgehead atoms. The minimum Gasteiger partial charge on any atom is -0.480 e. The number of allylic oxidation sites excluding steroid dienone is 1. The van der Waals surface area contributed by atoms with Crippen LogP contribution in [0.15, 0.2) is 43.1 Å². The number of fused-ring (bicyclic) bond motifs is 1. The Hall–Kier alpha value is -2.74. The van der Waals surface area contributed by atoms with E-state index in [1.807, 2.05) is 24.3 Å². The SMILES string of the molecule is C=CCCC(NC(=O)C1CSCN1C(=O)c1c[nH]c2ccccc12)C(=O)O. The van der Waals surface area contributed by atoms with Gasteiger partial charge in [-0.05, 0) is 18.9 Å². The van der Waals surface area contributed by atoms with Crippen molar-refractivity contribution in [2.45, 2.75) is 24.9 Å². The smallest absolute Gasteiger partial charge is 0.326 e. The van der Waals surface area contributed by atoms with E-state index in [1.54, 1.807) is 12.3 Å². The molecule has 2 unspecified atom stereocenters. The number of nitrogens with zero attached hydrogens (tertiary/aromatic N) is 1. The summed E-state index contributed by atoms with van der Waals surface area (Å²) < 4.78 is 0. The first-order valence-electron chi connectivity index (χ1n) is 8.62. The van der Waals surface area contributed by atoms with Gasteiger partial charge in [-0.2, -0.15) is 0 Å². The van der Waals surface area contributed by atoms with Gasteiger partial charge in [0.1, 0.15) is 12.1 Å². The van der Waals surface area contributed by atoms with Crippen LogP contribution in [0.4, 0.5) is 0 Å². The molecular weight excluding hydrogens is 366 g/mol. The lowest BCUT2D eigenvalue weighted by atomic mass is 10.1. The van der Waals surface area contributed by atoms with E-state index >= 15 is 0 Å². The summed E-state index contributed by atoms with van der Waals surface area (Å²) in [5, 5.41) is 12.7. The lowest BCUT2D eigenvalue weighted by Gasteiger charge is -2.24. The number of thioether (sulfide) groups is 1. The maximum absolute atomic E-state index is 13.0. The molecule has 1 saturated heterocycles. The van der Waals surface area contributed by atoms with Crippen molar-refractivity contribution in [3.8, 4) is 0 Å². The first-order valence-corrected chi connectivity index (χ1v) is 9.77. The number of amides is 2. The minimum atomic E-state index is -1.09. The summed E-state index contributed by atoms with van der Waals surface area (Å²) in [6.07, 6.45) is 4.00. The van der Waals surface area contributed by atoms with Crippen LogP contribution in [0.25, 0.3) is 10.9 Å². The van der Waals surface area contributed by atoms with E-state index < -0.39 is 24.0 Å². The molecule has 0 aliphatic carbocycles. The number of hydrogen-bond donors (Lipinski definition) is 3. The van der Waals surface area contributed by atoms with Crippen LogP contribution in [0.5, 0.6) is 0 Å². The summed E-state index contributed by atoms with van der Waals surface area (Å²) in [7, 11) is 0. The lowest BCUT2D eigenvalue weighted by Crippen LogP contribution is -2.51. The molecule has 7 nitrogen and oxygen atoms in total. The Morgan fingerprint density at radius 2 is 2.19 bits per heavy atom. The third kappa shape index (κ3) is 4.00. The molecule has 1 aliphatic heterocycles. The number of aromatic amines is 1. The van der Waals surface area contributed by atoms with Crippen LogP contribution in [0.1, 0.15) is 23.2 Å². The summed E-state index contributed by atoms with van der Waals surface area (Å²) in [6.45, 7) is 3.57. The topological polar surface area (TPSA) is 103 Å². The number of aromatic nitrogens is 1. The average Bonchev–Trinajstić information content (AvgIpc) is 3.31. The van der Waals surface area contributed by atoms with Crippen molar-refractivity contribution < 1.29 is 19.5 Å². The number of H-pyrrole nitrogens is 1. The molecule has 27 heavy (non-hydrogen) atoms. The van der Waals surface area contributed by atoms with E-state index in [0.29, 0.717) is 23.6 Å². The average molecular weight is 387 g/mol. The quantitative estimate of drug-likeness (QED) is 0.632. The first kappa shape index (κ1) is 19.0. The van der Waals surface area contributed by atoms with Crippen molar-refractivity contribution in [3.05, 3.63) is 48.7 Å². The van der Waals surface area contributed by atoms with Gasteiger partial charge in [-0.15, -0.1) is 18.3 Å². The van der Waals surface area contributed by atoms with Crippen molar-refractivity contribution >= 4 is 40.4 Å². The van der Waals surface area contributed by atoms with Crippen LogP contribution < -0.4 is 5.32 Å². The zero-order valence-electron chi connectivity index (χ0n) is 14.7. The molecule has 3 N–H and O–H groups in total. The Morgan fingerprint density at radius 3 is 2.93 bits per heavy atom. The van der Waals surface area contributed by atoms with Gasteiger partial charge in [-0.3, -0.25) is 9.59 Å². The number of carbonyl (C=O) groups excluding carboxylic acids is 2. The number of carbonyl (C=O) groups is 3. The number of hydrogen-bond acceptors (Lipinski definition) is 4. The molecular formula is C19H21N3O4S. The highest BCUT2D eigenvalue weighted by Gasteiger charge is 2.37. The van der Waals surface area contributed by atoms with Crippen molar-refractivity contribution in [1.82, 2.24) is 15.2 Å². The van der Waals surface area contributed by atoms with Crippen LogP contribution in [-0.4, -0.2) is 56.5 Å². The Kier molecular flexibility index (Phi) is 5.85. The highest BCUT2D eigenvalue weighted by molar-refractivity contribution is 7.99. The second-order valence-corrected chi connectivity index (χ2v) is 7.30. The molecule has 1 aromatic heterocycles. The van der Waals surface area contributed by atoms with Gasteiger partial charge in [0, 0.05) is 22.9 Å². The van der Waals surface area contributed by atoms with Gasteiger partial charge in [-0.25, -0.2) is 4.79 Å². The van der Waals surface area contributed by atoms with Gasteiger partial charge in [0.15, 0.2) is 0 Å². The third-order valence-electron chi connectivity index (χ3n) is 4.54. The standard InChI is InChI=1S/C19H21N3O4S/c1-2-3-7-15(19(25)26)21-17(23)16-10-27-11-22(16)18(24)13-9-20-14-8-5-4-6-12(13)14/h2,4-6,8-9,15-16,20H,1,3,7,10-11H2,(H,21,23)(H,25,26). The fourth-order valence-electron chi connectivity index (χ4n) is 3.07. The molecule has 1 fully saturated rings. The van der Waals surface area contributed by atoms with Crippen molar-refractivity contribution in [1.29, 1.82) is 0 Å². The number of carboxylic acid groups (broad SMARTS) is 1. The Bertz CT molecular complexity index is 879. The molecule has 0 radical (unpaired) electrons. The van der Waals surface area contributed by atoms with Gasteiger partial charge in [0.05, 0.1) is 11.4 Å². The molecule has 8 heteroatoms. The largest absolute Gasteiger partial charge is 0.480 e. The fraction of sp³-hybridized carbons (Fsp3) is 0.316. The Morgan fingerprint density at radius 1 is 1.41 bits per heavy atom. The summed E-state index contributed by atoms with van der Waals surface area (Å²) in [6, 6.07) is 5.78. The van der Waals surface area contributed by atoms with Gasteiger partial charge >= 0.3 is 5.97 Å². The molecule has 0 saturated carbocycles. The van der Waals surface area contributed by atoms with E-state index in [9.17, 15) is 19.5 Å². The van der Waals surface area contributed by atoms with E-state index in [4.69, 9.17) is 0 Å². The number of aliphatic carboxylic acids is 1. The third-order valence-corrected chi connectivity index (χ3v) is 5.55. The molecule has 2 aromatic rings. The monoisotopic (exact) mass is 387 g/mol. The van der Waals surface area contributed by atoms with Crippen LogP contribution in [0, 0.1) is 0 Å². The van der Waals surface area contributed by atoms with E-state index in [1.165, 1.54) is 16.7 Å². The predicted molar refractivity (Wildman–Crippen MR) is 105 cm³/mol. The predicted octanol–water partition coefficient (Wildman–Crippen LogP) is 2.22. The van der Waals surface area contributed by atoms with E-state index in [0.717, 1.165) is 10.9 Å².